The van der Waals surface area contributed by atoms with E-state index in [1.54, 1.807) is 40.9 Å². The van der Waals surface area contributed by atoms with Crippen LogP contribution < -0.4 is 5.32 Å². The van der Waals surface area contributed by atoms with Crippen molar-refractivity contribution in [2.75, 3.05) is 5.75 Å². The second kappa shape index (κ2) is 9.06. The van der Waals surface area contributed by atoms with E-state index in [9.17, 15) is 9.18 Å². The number of halogens is 2. The van der Waals surface area contributed by atoms with Gasteiger partial charge in [0.05, 0.1) is 5.69 Å². The molecule has 27 heavy (non-hydrogen) atoms. The third-order valence-corrected chi connectivity index (χ3v) is 5.26. The minimum Gasteiger partial charge on any atom is -0.352 e. The van der Waals surface area contributed by atoms with Crippen molar-refractivity contribution in [3.05, 3.63) is 77.1 Å². The van der Waals surface area contributed by atoms with Crippen LogP contribution in [0.5, 0.6) is 0 Å². The van der Waals surface area contributed by atoms with Crippen LogP contribution in [-0.2, 0) is 11.3 Å². The number of benzene rings is 2. The second-order valence-corrected chi connectivity index (χ2v) is 7.56. The summed E-state index contributed by atoms with van der Waals surface area (Å²) in [6, 6.07) is 12.5. The van der Waals surface area contributed by atoms with Crippen molar-refractivity contribution >= 4 is 29.3 Å². The zero-order valence-corrected chi connectivity index (χ0v) is 16.4. The Hall–Kier alpha value is -2.31. The summed E-state index contributed by atoms with van der Waals surface area (Å²) in [6.07, 6.45) is 3.74. The number of amides is 1. The Morgan fingerprint density at radius 3 is 2.70 bits per heavy atom. The van der Waals surface area contributed by atoms with Gasteiger partial charge in [0, 0.05) is 41.0 Å². The Kier molecular flexibility index (Phi) is 6.53. The first kappa shape index (κ1) is 19.5. The molecule has 0 spiro atoms. The van der Waals surface area contributed by atoms with E-state index in [0.717, 1.165) is 4.90 Å². The molecule has 3 rings (SSSR count). The maximum absolute atomic E-state index is 14.4. The van der Waals surface area contributed by atoms with Crippen molar-refractivity contribution in [3.8, 4) is 5.69 Å². The molecule has 0 saturated carbocycles. The predicted octanol–water partition coefficient (Wildman–Crippen LogP) is 4.77. The molecule has 0 radical (unpaired) electrons. The summed E-state index contributed by atoms with van der Waals surface area (Å²) in [4.78, 5) is 17.2. The summed E-state index contributed by atoms with van der Waals surface area (Å²) in [5.74, 6) is 0.974. The number of hydrogen-bond acceptors (Lipinski definition) is 3. The van der Waals surface area contributed by atoms with E-state index in [4.69, 9.17) is 11.6 Å². The van der Waals surface area contributed by atoms with Gasteiger partial charge in [0.15, 0.2) is 0 Å². The van der Waals surface area contributed by atoms with Gasteiger partial charge in [0.25, 0.3) is 0 Å². The summed E-state index contributed by atoms with van der Waals surface area (Å²) in [6.45, 7) is 2.11. The summed E-state index contributed by atoms with van der Waals surface area (Å²) in [7, 11) is 0. The van der Waals surface area contributed by atoms with E-state index in [1.165, 1.54) is 6.07 Å². The van der Waals surface area contributed by atoms with E-state index < -0.39 is 0 Å². The molecule has 7 heteroatoms. The Bertz CT molecular complexity index is 927. The fourth-order valence-electron chi connectivity index (χ4n) is 2.57. The van der Waals surface area contributed by atoms with Crippen LogP contribution in [0.15, 0.2) is 59.8 Å². The monoisotopic (exact) mass is 403 g/mol. The van der Waals surface area contributed by atoms with Crippen LogP contribution in [0.3, 0.4) is 0 Å². The lowest BCUT2D eigenvalue weighted by Crippen LogP contribution is -2.23. The van der Waals surface area contributed by atoms with Crippen LogP contribution >= 0.6 is 23.4 Å². The van der Waals surface area contributed by atoms with Gasteiger partial charge in [-0.05, 0) is 48.9 Å². The van der Waals surface area contributed by atoms with E-state index in [0.29, 0.717) is 40.8 Å². The number of imidazole rings is 1. The SMILES string of the molecule is Cc1nccn1-c1ccc(CNC(=O)CCSc2ccc(Cl)cc2)cc1F. The standard InChI is InChI=1S/C20H19ClFN3OS/c1-14-23-9-10-25(14)19-7-2-15(12-18(19)22)13-24-20(26)8-11-27-17-5-3-16(21)4-6-17/h2-7,9-10,12H,8,11,13H2,1H3,(H,24,26). The van der Waals surface area contributed by atoms with Crippen LogP contribution in [0.1, 0.15) is 17.8 Å². The molecule has 0 aliphatic rings. The van der Waals surface area contributed by atoms with Gasteiger partial charge in [-0.25, -0.2) is 9.37 Å². The number of carbonyl (C=O) groups excluding carboxylic acids is 1. The minimum absolute atomic E-state index is 0.0635. The quantitative estimate of drug-likeness (QED) is 0.578. The molecule has 0 bridgehead atoms. The molecule has 0 aliphatic heterocycles. The summed E-state index contributed by atoms with van der Waals surface area (Å²) in [5.41, 5.74) is 1.16. The highest BCUT2D eigenvalue weighted by atomic mass is 35.5. The smallest absolute Gasteiger partial charge is 0.221 e. The van der Waals surface area contributed by atoms with Crippen LogP contribution in [-0.4, -0.2) is 21.2 Å². The fraction of sp³-hybridized carbons (Fsp3) is 0.200. The second-order valence-electron chi connectivity index (χ2n) is 5.96. The molecule has 0 aliphatic carbocycles. The Labute approximate surface area is 166 Å². The van der Waals surface area contributed by atoms with Gasteiger partial charge in [-0.3, -0.25) is 4.79 Å². The van der Waals surface area contributed by atoms with Gasteiger partial charge < -0.3 is 9.88 Å². The maximum atomic E-state index is 14.4. The zero-order valence-electron chi connectivity index (χ0n) is 14.8. The van der Waals surface area contributed by atoms with Crippen LogP contribution in [0.25, 0.3) is 5.69 Å². The highest BCUT2D eigenvalue weighted by Crippen LogP contribution is 2.21. The molecule has 1 N–H and O–H groups in total. The van der Waals surface area contributed by atoms with E-state index in [-0.39, 0.29) is 11.7 Å². The number of aryl methyl sites for hydroxylation is 1. The number of nitrogens with zero attached hydrogens (tertiary/aromatic N) is 2. The lowest BCUT2D eigenvalue weighted by Gasteiger charge is -2.10. The summed E-state index contributed by atoms with van der Waals surface area (Å²) < 4.78 is 16.0. The molecule has 1 heterocycles. The molecule has 1 aromatic heterocycles. The van der Waals surface area contributed by atoms with Crippen molar-refractivity contribution in [2.45, 2.75) is 24.8 Å². The highest BCUT2D eigenvalue weighted by molar-refractivity contribution is 7.99. The van der Waals surface area contributed by atoms with Gasteiger partial charge >= 0.3 is 0 Å². The Balaban J connectivity index is 1.48. The highest BCUT2D eigenvalue weighted by Gasteiger charge is 2.09. The summed E-state index contributed by atoms with van der Waals surface area (Å²) in [5, 5.41) is 3.52. The number of aromatic nitrogens is 2. The van der Waals surface area contributed by atoms with Gasteiger partial charge in [-0.1, -0.05) is 17.7 Å². The minimum atomic E-state index is -0.346. The predicted molar refractivity (Wildman–Crippen MR) is 107 cm³/mol. The first-order chi connectivity index (χ1) is 13.0. The average molecular weight is 404 g/mol. The molecule has 4 nitrogen and oxygen atoms in total. The van der Waals surface area contributed by atoms with E-state index in [2.05, 4.69) is 10.3 Å². The average Bonchev–Trinajstić information content (AvgIpc) is 3.07. The first-order valence-corrected chi connectivity index (χ1v) is 9.83. The summed E-state index contributed by atoms with van der Waals surface area (Å²) >= 11 is 7.44. The molecule has 0 unspecified atom stereocenters. The molecule has 2 aromatic carbocycles. The van der Waals surface area contributed by atoms with Crippen molar-refractivity contribution in [1.82, 2.24) is 14.9 Å². The van der Waals surface area contributed by atoms with Crippen LogP contribution in [0.2, 0.25) is 5.02 Å². The molecule has 140 valence electrons. The number of carbonyl (C=O) groups is 1. The van der Waals surface area contributed by atoms with Gasteiger partial charge in [-0.15, -0.1) is 11.8 Å². The number of rotatable bonds is 7. The molecular weight excluding hydrogens is 385 g/mol. The first-order valence-electron chi connectivity index (χ1n) is 8.47. The lowest BCUT2D eigenvalue weighted by atomic mass is 10.2. The Morgan fingerprint density at radius 1 is 1.26 bits per heavy atom. The fourth-order valence-corrected chi connectivity index (χ4v) is 3.55. The number of hydrogen-bond donors (Lipinski definition) is 1. The molecule has 3 aromatic rings. The molecule has 0 fully saturated rings. The van der Waals surface area contributed by atoms with Crippen LogP contribution in [0.4, 0.5) is 4.39 Å². The maximum Gasteiger partial charge on any atom is 0.221 e. The Morgan fingerprint density at radius 2 is 2.04 bits per heavy atom. The van der Waals surface area contributed by atoms with Crippen LogP contribution in [0, 0.1) is 12.7 Å². The third kappa shape index (κ3) is 5.34. The number of thioether (sulfide) groups is 1. The largest absolute Gasteiger partial charge is 0.352 e. The third-order valence-electron chi connectivity index (χ3n) is 4.00. The number of nitrogens with one attached hydrogen (secondary N) is 1. The van der Waals surface area contributed by atoms with Crippen molar-refractivity contribution < 1.29 is 9.18 Å². The molecule has 0 saturated heterocycles. The van der Waals surface area contributed by atoms with E-state index in [1.807, 2.05) is 31.2 Å². The molecule has 0 atom stereocenters. The van der Waals surface area contributed by atoms with Crippen molar-refractivity contribution in [2.24, 2.45) is 0 Å². The van der Waals surface area contributed by atoms with E-state index >= 15 is 0 Å². The van der Waals surface area contributed by atoms with Gasteiger partial charge in [0.2, 0.25) is 5.91 Å². The normalized spacial score (nSPS) is 10.8. The molecular formula is C20H19ClFN3OS. The van der Waals surface area contributed by atoms with Crippen molar-refractivity contribution in [1.29, 1.82) is 0 Å². The molecule has 1 amide bonds. The van der Waals surface area contributed by atoms with Gasteiger partial charge in [0.1, 0.15) is 11.6 Å². The zero-order chi connectivity index (χ0) is 19.2. The van der Waals surface area contributed by atoms with Crippen molar-refractivity contribution in [3.63, 3.8) is 0 Å². The van der Waals surface area contributed by atoms with Gasteiger partial charge in [-0.2, -0.15) is 0 Å². The lowest BCUT2D eigenvalue weighted by molar-refractivity contribution is -0.120. The topological polar surface area (TPSA) is 46.9 Å².